The third kappa shape index (κ3) is 4.69. The van der Waals surface area contributed by atoms with Crippen molar-refractivity contribution in [2.45, 2.75) is 19.9 Å². The molecule has 9 heteroatoms. The summed E-state index contributed by atoms with van der Waals surface area (Å²) in [6.07, 6.45) is 1.24. The molecule has 0 saturated heterocycles. The van der Waals surface area contributed by atoms with E-state index in [4.69, 9.17) is 11.6 Å². The lowest BCUT2D eigenvalue weighted by molar-refractivity contribution is 0.551. The van der Waals surface area contributed by atoms with Crippen molar-refractivity contribution in [2.75, 3.05) is 12.0 Å². The smallest absolute Gasteiger partial charge is 0.249 e. The molecule has 1 aromatic rings. The van der Waals surface area contributed by atoms with Crippen LogP contribution in [0.5, 0.6) is 0 Å². The van der Waals surface area contributed by atoms with Gasteiger partial charge < -0.3 is 0 Å². The van der Waals surface area contributed by atoms with Crippen molar-refractivity contribution in [1.82, 2.24) is 4.72 Å². The standard InChI is InChI=1S/C11H16ClFN2O3S2/c1-4-19(3,16)15-20(17,18)14-8(2)11-9(12)6-5-7-10(11)13/h5-8,14H,4H2,1-3H3. The fourth-order valence-electron chi connectivity index (χ4n) is 1.49. The largest absolute Gasteiger partial charge is 0.328 e. The summed E-state index contributed by atoms with van der Waals surface area (Å²) < 4.78 is 54.4. The van der Waals surface area contributed by atoms with Crippen LogP contribution in [0.2, 0.25) is 5.02 Å². The highest BCUT2D eigenvalue weighted by molar-refractivity contribution is 8.02. The van der Waals surface area contributed by atoms with Crippen molar-refractivity contribution in [1.29, 1.82) is 0 Å². The van der Waals surface area contributed by atoms with Crippen LogP contribution in [-0.2, 0) is 19.9 Å². The van der Waals surface area contributed by atoms with E-state index in [1.54, 1.807) is 6.92 Å². The molecule has 0 aromatic heterocycles. The Balaban J connectivity index is 3.11. The molecule has 1 rings (SSSR count). The zero-order valence-electron chi connectivity index (χ0n) is 11.3. The lowest BCUT2D eigenvalue weighted by atomic mass is 10.1. The Kier molecular flexibility index (Phi) is 5.54. The Morgan fingerprint density at radius 1 is 1.40 bits per heavy atom. The first-order valence-corrected chi connectivity index (χ1v) is 9.66. The van der Waals surface area contributed by atoms with Gasteiger partial charge in [0.15, 0.2) is 0 Å². The summed E-state index contributed by atoms with van der Waals surface area (Å²) in [5.41, 5.74) is 0.0204. The molecule has 20 heavy (non-hydrogen) atoms. The normalized spacial score (nSPS) is 16.4. The van der Waals surface area contributed by atoms with E-state index in [0.717, 1.165) is 0 Å². The molecule has 0 bridgehead atoms. The van der Waals surface area contributed by atoms with Crippen molar-refractivity contribution in [3.05, 3.63) is 34.6 Å². The van der Waals surface area contributed by atoms with Gasteiger partial charge in [-0.05, 0) is 19.1 Å². The number of benzene rings is 1. The highest BCUT2D eigenvalue weighted by atomic mass is 35.5. The van der Waals surface area contributed by atoms with E-state index in [1.165, 1.54) is 31.4 Å². The summed E-state index contributed by atoms with van der Waals surface area (Å²) in [5.74, 6) is -0.525. The van der Waals surface area contributed by atoms with Gasteiger partial charge in [0.25, 0.3) is 0 Å². The van der Waals surface area contributed by atoms with Crippen LogP contribution in [0.3, 0.4) is 0 Å². The fourth-order valence-corrected chi connectivity index (χ4v) is 4.63. The Labute approximate surface area is 123 Å². The maximum atomic E-state index is 13.7. The van der Waals surface area contributed by atoms with Crippen molar-refractivity contribution < 1.29 is 17.0 Å². The van der Waals surface area contributed by atoms with Crippen LogP contribution in [0.4, 0.5) is 4.39 Å². The summed E-state index contributed by atoms with van der Waals surface area (Å²) in [7, 11) is -6.99. The van der Waals surface area contributed by atoms with Crippen LogP contribution >= 0.6 is 11.6 Å². The van der Waals surface area contributed by atoms with E-state index < -0.39 is 31.8 Å². The maximum Gasteiger partial charge on any atom is 0.328 e. The molecule has 0 radical (unpaired) electrons. The molecule has 5 nitrogen and oxygen atoms in total. The minimum atomic E-state index is -4.16. The van der Waals surface area contributed by atoms with Gasteiger partial charge in [-0.15, -0.1) is 0 Å². The van der Waals surface area contributed by atoms with E-state index in [2.05, 4.69) is 8.49 Å². The van der Waals surface area contributed by atoms with Crippen LogP contribution in [0.1, 0.15) is 25.5 Å². The first-order chi connectivity index (χ1) is 9.08. The molecule has 2 atom stereocenters. The Hall–Kier alpha value is -0.700. The fraction of sp³-hybridized carbons (Fsp3) is 0.455. The Morgan fingerprint density at radius 2 is 2.00 bits per heavy atom. The third-order valence-electron chi connectivity index (χ3n) is 2.55. The molecular weight excluding hydrogens is 327 g/mol. The van der Waals surface area contributed by atoms with Gasteiger partial charge in [0.2, 0.25) is 0 Å². The van der Waals surface area contributed by atoms with Gasteiger partial charge in [0.1, 0.15) is 5.82 Å². The minimum Gasteiger partial charge on any atom is -0.249 e. The molecule has 0 fully saturated rings. The summed E-state index contributed by atoms with van der Waals surface area (Å²) >= 11 is 5.85. The van der Waals surface area contributed by atoms with Crippen LogP contribution in [-0.4, -0.2) is 24.6 Å². The van der Waals surface area contributed by atoms with Crippen LogP contribution in [0.15, 0.2) is 22.0 Å². The van der Waals surface area contributed by atoms with Crippen LogP contribution in [0.25, 0.3) is 0 Å². The summed E-state index contributed by atoms with van der Waals surface area (Å²) in [6, 6.07) is 3.13. The molecule has 114 valence electrons. The predicted molar refractivity (Wildman–Crippen MR) is 78.9 cm³/mol. The number of nitrogens with zero attached hydrogens (tertiary/aromatic N) is 1. The summed E-state index contributed by atoms with van der Waals surface area (Å²) in [4.78, 5) is 0. The summed E-state index contributed by atoms with van der Waals surface area (Å²) in [6.45, 7) is 3.00. The van der Waals surface area contributed by atoms with E-state index in [-0.39, 0.29) is 16.3 Å². The first kappa shape index (κ1) is 17.4. The molecule has 2 unspecified atom stereocenters. The molecular formula is C11H16ClFN2O3S2. The van der Waals surface area contributed by atoms with E-state index >= 15 is 0 Å². The van der Waals surface area contributed by atoms with Gasteiger partial charge >= 0.3 is 10.2 Å². The van der Waals surface area contributed by atoms with E-state index in [1.807, 2.05) is 0 Å². The first-order valence-electron chi connectivity index (χ1n) is 5.75. The second kappa shape index (κ2) is 6.38. The van der Waals surface area contributed by atoms with E-state index in [9.17, 15) is 17.0 Å². The minimum absolute atomic E-state index is 0.0204. The Morgan fingerprint density at radius 3 is 2.50 bits per heavy atom. The second-order valence-electron chi connectivity index (χ2n) is 4.27. The quantitative estimate of drug-likeness (QED) is 0.893. The van der Waals surface area contributed by atoms with Crippen LogP contribution in [0, 0.1) is 5.82 Å². The maximum absolute atomic E-state index is 13.7. The van der Waals surface area contributed by atoms with Gasteiger partial charge in [0.05, 0.1) is 9.73 Å². The number of rotatable bonds is 5. The number of halogens is 2. The third-order valence-corrected chi connectivity index (χ3v) is 6.65. The van der Waals surface area contributed by atoms with Crippen molar-refractivity contribution in [3.63, 3.8) is 0 Å². The van der Waals surface area contributed by atoms with Gasteiger partial charge in [-0.2, -0.15) is 13.1 Å². The van der Waals surface area contributed by atoms with Crippen LogP contribution < -0.4 is 4.72 Å². The lowest BCUT2D eigenvalue weighted by Gasteiger charge is -2.15. The predicted octanol–water partition coefficient (Wildman–Crippen LogP) is 2.49. The topological polar surface area (TPSA) is 75.6 Å². The molecule has 1 N–H and O–H groups in total. The average molecular weight is 343 g/mol. The van der Waals surface area contributed by atoms with Gasteiger partial charge in [-0.1, -0.05) is 28.4 Å². The number of hydrogen-bond donors (Lipinski definition) is 1. The SMILES string of the molecule is CCS(C)(=O)=NS(=O)(=O)NC(C)c1c(F)cccc1Cl. The van der Waals surface area contributed by atoms with E-state index in [0.29, 0.717) is 0 Å². The molecule has 1 aromatic carbocycles. The molecule has 0 aliphatic carbocycles. The second-order valence-corrected chi connectivity index (χ2v) is 8.96. The Bertz CT molecular complexity index is 692. The monoisotopic (exact) mass is 342 g/mol. The number of nitrogens with one attached hydrogen (secondary N) is 1. The molecule has 0 amide bonds. The highest BCUT2D eigenvalue weighted by Gasteiger charge is 2.21. The number of hydrogen-bond acceptors (Lipinski definition) is 3. The molecule has 0 aliphatic heterocycles. The zero-order valence-corrected chi connectivity index (χ0v) is 13.6. The van der Waals surface area contributed by atoms with Gasteiger partial charge in [0, 0.05) is 28.6 Å². The summed E-state index contributed by atoms with van der Waals surface area (Å²) in [5, 5.41) is 0.105. The highest BCUT2D eigenvalue weighted by Crippen LogP contribution is 2.26. The van der Waals surface area contributed by atoms with Crippen molar-refractivity contribution >= 4 is 31.5 Å². The molecule has 0 spiro atoms. The van der Waals surface area contributed by atoms with Gasteiger partial charge in [-0.3, -0.25) is 0 Å². The zero-order chi connectivity index (χ0) is 15.6. The molecule has 0 saturated carbocycles. The van der Waals surface area contributed by atoms with Gasteiger partial charge in [-0.25, -0.2) is 8.60 Å². The molecule has 0 aliphatic rings. The molecule has 0 heterocycles. The van der Waals surface area contributed by atoms with Crippen molar-refractivity contribution in [3.8, 4) is 0 Å². The lowest BCUT2D eigenvalue weighted by Crippen LogP contribution is -2.27. The van der Waals surface area contributed by atoms with Crippen molar-refractivity contribution in [2.24, 2.45) is 3.77 Å². The average Bonchev–Trinajstić information content (AvgIpc) is 2.26.